The van der Waals surface area contributed by atoms with Crippen LogP contribution < -0.4 is 0 Å². The number of para-hydroxylation sites is 3. The second-order valence-corrected chi connectivity index (χ2v) is 10.9. The predicted octanol–water partition coefficient (Wildman–Crippen LogP) is 9.13. The largest absolute Gasteiger partial charge is 0.327 e. The first-order valence-corrected chi connectivity index (χ1v) is 14.2. The van der Waals surface area contributed by atoms with E-state index < -0.39 is 0 Å². The number of rotatable bonds is 4. The molecule has 4 aromatic carbocycles. The summed E-state index contributed by atoms with van der Waals surface area (Å²) < 4.78 is 4.55. The van der Waals surface area contributed by atoms with Crippen LogP contribution in [0.1, 0.15) is 0 Å². The highest BCUT2D eigenvalue weighted by molar-refractivity contribution is 7.13. The number of fused-ring (bicyclic) bond motifs is 4. The maximum absolute atomic E-state index is 4.98. The number of nitrogens with zero attached hydrogens (tertiary/aromatic N) is 4. The normalized spacial score (nSPS) is 11.6. The molecule has 4 heterocycles. The monoisotopic (exact) mass is 532 g/mol. The third-order valence-corrected chi connectivity index (χ3v) is 8.59. The summed E-state index contributed by atoms with van der Waals surface area (Å²) in [5.41, 5.74) is 9.91. The molecule has 0 saturated heterocycles. The van der Waals surface area contributed by atoms with E-state index in [9.17, 15) is 0 Å². The fourth-order valence-corrected chi connectivity index (χ4v) is 6.60. The van der Waals surface area contributed by atoms with Crippen molar-refractivity contribution in [2.24, 2.45) is 7.05 Å². The van der Waals surface area contributed by atoms with Gasteiger partial charge in [-0.05, 0) is 60.0 Å². The molecule has 8 aromatic rings. The van der Waals surface area contributed by atoms with Crippen molar-refractivity contribution in [3.63, 3.8) is 0 Å². The van der Waals surface area contributed by atoms with Gasteiger partial charge in [-0.15, -0.1) is 11.3 Å². The fraction of sp³-hybridized carbons (Fsp3) is 0.0286. The number of aryl methyl sites for hydroxylation is 1. The Bertz CT molecular complexity index is 2180. The minimum atomic E-state index is 0.961. The Hall–Kier alpha value is -5.00. The molecular formula is C35H24N4S. The van der Waals surface area contributed by atoms with E-state index in [0.717, 1.165) is 50.4 Å². The average molecular weight is 533 g/mol. The van der Waals surface area contributed by atoms with Crippen LogP contribution in [-0.2, 0) is 7.05 Å². The molecule has 0 aliphatic heterocycles. The maximum Gasteiger partial charge on any atom is 0.140 e. The van der Waals surface area contributed by atoms with Crippen LogP contribution in [0.3, 0.4) is 0 Å². The Kier molecular flexibility index (Phi) is 5.18. The van der Waals surface area contributed by atoms with Crippen LogP contribution in [0.15, 0.2) is 127 Å². The topological polar surface area (TPSA) is 35.6 Å². The molecule has 0 aliphatic rings. The Morgan fingerprint density at radius 2 is 1.50 bits per heavy atom. The number of aromatic nitrogens is 4. The number of hydrogen-bond donors (Lipinski definition) is 0. The molecule has 40 heavy (non-hydrogen) atoms. The smallest absolute Gasteiger partial charge is 0.140 e. The lowest BCUT2D eigenvalue weighted by atomic mass is 10.0. The minimum Gasteiger partial charge on any atom is -0.327 e. The molecule has 5 heteroatoms. The van der Waals surface area contributed by atoms with Crippen molar-refractivity contribution in [1.29, 1.82) is 0 Å². The first-order chi connectivity index (χ1) is 19.8. The number of benzene rings is 4. The lowest BCUT2D eigenvalue weighted by Crippen LogP contribution is -1.96. The van der Waals surface area contributed by atoms with Gasteiger partial charge in [0, 0.05) is 51.3 Å². The standard InChI is InChI=1S/C35H24N4S/c1-38-31-15-5-3-13-29(31)37-35(38)24-17-18-27-26-11-2-4-14-30(26)39(32(27)22-24)25-10-6-9-23(21-25)34-28(12-7-19-36-34)33-16-8-20-40-33/h2-22H,1H3. The van der Waals surface area contributed by atoms with Crippen molar-refractivity contribution >= 4 is 44.2 Å². The van der Waals surface area contributed by atoms with Crippen molar-refractivity contribution in [2.45, 2.75) is 0 Å². The van der Waals surface area contributed by atoms with Gasteiger partial charge in [-0.3, -0.25) is 4.98 Å². The molecule has 0 atom stereocenters. The Balaban J connectivity index is 1.36. The number of hydrogen-bond acceptors (Lipinski definition) is 3. The second kappa shape index (κ2) is 9.04. The van der Waals surface area contributed by atoms with E-state index >= 15 is 0 Å². The molecule has 0 bridgehead atoms. The van der Waals surface area contributed by atoms with Gasteiger partial charge in [0.2, 0.25) is 0 Å². The Labute approximate surface area is 235 Å². The van der Waals surface area contributed by atoms with Crippen molar-refractivity contribution in [1.82, 2.24) is 19.1 Å². The van der Waals surface area contributed by atoms with Crippen molar-refractivity contribution in [3.05, 3.63) is 127 Å². The summed E-state index contributed by atoms with van der Waals surface area (Å²) in [4.78, 5) is 11.0. The molecule has 0 radical (unpaired) electrons. The number of pyridine rings is 1. The zero-order chi connectivity index (χ0) is 26.6. The summed E-state index contributed by atoms with van der Waals surface area (Å²) in [6.45, 7) is 0. The van der Waals surface area contributed by atoms with E-state index in [1.54, 1.807) is 11.3 Å². The highest BCUT2D eigenvalue weighted by Gasteiger charge is 2.17. The SMILES string of the molecule is Cn1c(-c2ccc3c4ccccc4n(-c4cccc(-c5ncccc5-c5cccs5)c4)c3c2)nc2ccccc21. The quantitative estimate of drug-likeness (QED) is 0.227. The third-order valence-electron chi connectivity index (χ3n) is 7.69. The van der Waals surface area contributed by atoms with Crippen LogP contribution in [0.4, 0.5) is 0 Å². The van der Waals surface area contributed by atoms with Gasteiger partial charge in [0.15, 0.2) is 0 Å². The van der Waals surface area contributed by atoms with Crippen LogP contribution in [0, 0.1) is 0 Å². The summed E-state index contributed by atoms with van der Waals surface area (Å²) in [5.74, 6) is 0.961. The van der Waals surface area contributed by atoms with Crippen molar-refractivity contribution in [3.8, 4) is 38.8 Å². The summed E-state index contributed by atoms with van der Waals surface area (Å²) >= 11 is 1.74. The molecule has 8 rings (SSSR count). The average Bonchev–Trinajstić information content (AvgIpc) is 3.74. The molecule has 0 fully saturated rings. The van der Waals surface area contributed by atoms with Gasteiger partial charge in [-0.25, -0.2) is 4.98 Å². The molecule has 4 nitrogen and oxygen atoms in total. The highest BCUT2D eigenvalue weighted by Crippen LogP contribution is 2.37. The first kappa shape index (κ1) is 22.9. The van der Waals surface area contributed by atoms with E-state index in [0.29, 0.717) is 0 Å². The van der Waals surface area contributed by atoms with Crippen LogP contribution in [0.5, 0.6) is 0 Å². The van der Waals surface area contributed by atoms with E-state index in [1.165, 1.54) is 21.2 Å². The maximum atomic E-state index is 4.98. The zero-order valence-electron chi connectivity index (χ0n) is 21.8. The van der Waals surface area contributed by atoms with E-state index in [2.05, 4.69) is 125 Å². The summed E-state index contributed by atoms with van der Waals surface area (Å²) in [7, 11) is 2.09. The molecule has 0 amide bonds. The first-order valence-electron chi connectivity index (χ1n) is 13.3. The molecule has 190 valence electrons. The Morgan fingerprint density at radius 3 is 2.38 bits per heavy atom. The van der Waals surface area contributed by atoms with Gasteiger partial charge in [0.05, 0.1) is 27.8 Å². The lowest BCUT2D eigenvalue weighted by molar-refractivity contribution is 0.959. The van der Waals surface area contributed by atoms with Crippen LogP contribution in [0.2, 0.25) is 0 Å². The van der Waals surface area contributed by atoms with Gasteiger partial charge in [-0.2, -0.15) is 0 Å². The molecular weight excluding hydrogens is 508 g/mol. The molecule has 4 aromatic heterocycles. The van der Waals surface area contributed by atoms with Crippen molar-refractivity contribution in [2.75, 3.05) is 0 Å². The number of imidazole rings is 1. The summed E-state index contributed by atoms with van der Waals surface area (Å²) in [5, 5.41) is 4.57. The van der Waals surface area contributed by atoms with Gasteiger partial charge in [-0.1, -0.05) is 60.7 Å². The van der Waals surface area contributed by atoms with Crippen LogP contribution in [0.25, 0.3) is 71.6 Å². The van der Waals surface area contributed by atoms with Crippen molar-refractivity contribution < 1.29 is 0 Å². The van der Waals surface area contributed by atoms with Gasteiger partial charge in [0.1, 0.15) is 5.82 Å². The van der Waals surface area contributed by atoms with Crippen LogP contribution in [-0.4, -0.2) is 19.1 Å². The third kappa shape index (κ3) is 3.52. The van der Waals surface area contributed by atoms with Crippen LogP contribution >= 0.6 is 11.3 Å². The van der Waals surface area contributed by atoms with E-state index in [-0.39, 0.29) is 0 Å². The minimum absolute atomic E-state index is 0.961. The van der Waals surface area contributed by atoms with Gasteiger partial charge >= 0.3 is 0 Å². The highest BCUT2D eigenvalue weighted by atomic mass is 32.1. The summed E-state index contributed by atoms with van der Waals surface area (Å²) in [6, 6.07) is 40.8. The fourth-order valence-electron chi connectivity index (χ4n) is 5.85. The molecule has 0 N–H and O–H groups in total. The van der Waals surface area contributed by atoms with Gasteiger partial charge < -0.3 is 9.13 Å². The zero-order valence-corrected chi connectivity index (χ0v) is 22.6. The Morgan fingerprint density at radius 1 is 0.650 bits per heavy atom. The lowest BCUT2D eigenvalue weighted by Gasteiger charge is -2.12. The predicted molar refractivity (Wildman–Crippen MR) is 167 cm³/mol. The van der Waals surface area contributed by atoms with E-state index in [1.807, 2.05) is 18.3 Å². The van der Waals surface area contributed by atoms with Gasteiger partial charge in [0.25, 0.3) is 0 Å². The summed E-state index contributed by atoms with van der Waals surface area (Å²) in [6.07, 6.45) is 1.88. The molecule has 0 saturated carbocycles. The molecule has 0 unspecified atom stereocenters. The van der Waals surface area contributed by atoms with E-state index in [4.69, 9.17) is 9.97 Å². The molecule has 0 spiro atoms. The molecule has 0 aliphatic carbocycles. The second-order valence-electron chi connectivity index (χ2n) is 9.99. The number of thiophene rings is 1.